The molecule has 1 saturated carbocycles. The maximum absolute atomic E-state index is 13.7. The summed E-state index contributed by atoms with van der Waals surface area (Å²) in [4.78, 5) is 26.8. The van der Waals surface area contributed by atoms with Gasteiger partial charge in [0.25, 0.3) is 0 Å². The average molecular weight is 484 g/mol. The van der Waals surface area contributed by atoms with Crippen molar-refractivity contribution >= 4 is 11.9 Å². The van der Waals surface area contributed by atoms with Crippen molar-refractivity contribution in [2.75, 3.05) is 6.61 Å². The van der Waals surface area contributed by atoms with Gasteiger partial charge in [0.05, 0.1) is 23.7 Å². The van der Waals surface area contributed by atoms with Crippen molar-refractivity contribution in [1.29, 1.82) is 0 Å². The molecule has 1 atom stereocenters. The lowest BCUT2D eigenvalue weighted by atomic mass is 9.78. The molecule has 1 N–H and O–H groups in total. The second-order valence-electron chi connectivity index (χ2n) is 9.18. The van der Waals surface area contributed by atoms with Crippen LogP contribution in [0.4, 0.5) is 0 Å². The van der Waals surface area contributed by atoms with Crippen LogP contribution in [-0.2, 0) is 25.7 Å². The molecule has 2 aliphatic rings. The van der Waals surface area contributed by atoms with Gasteiger partial charge in [-0.05, 0) is 50.3 Å². The van der Waals surface area contributed by atoms with Crippen LogP contribution >= 0.6 is 0 Å². The summed E-state index contributed by atoms with van der Waals surface area (Å²) >= 11 is 0. The normalized spacial score (nSPS) is 18.1. The highest BCUT2D eigenvalue weighted by molar-refractivity contribution is 5.99. The molecule has 0 amide bonds. The molecule has 4 rings (SSSR count). The summed E-state index contributed by atoms with van der Waals surface area (Å²) in [5, 5.41) is 3.42. The largest absolute Gasteiger partial charge is 0.463 e. The Bertz CT molecular complexity index is 1200. The molecule has 0 bridgehead atoms. The molecule has 36 heavy (non-hydrogen) atoms. The van der Waals surface area contributed by atoms with Crippen LogP contribution in [0.5, 0.6) is 0 Å². The minimum absolute atomic E-state index is 0.150. The summed E-state index contributed by atoms with van der Waals surface area (Å²) < 4.78 is 11.2. The number of dihydropyridines is 1. The van der Waals surface area contributed by atoms with Crippen molar-refractivity contribution in [3.63, 3.8) is 0 Å². The quantitative estimate of drug-likeness (QED) is 0.424. The van der Waals surface area contributed by atoms with E-state index in [0.29, 0.717) is 16.8 Å². The minimum Gasteiger partial charge on any atom is -0.463 e. The first kappa shape index (κ1) is 25.3. The Kier molecular flexibility index (Phi) is 8.62. The summed E-state index contributed by atoms with van der Waals surface area (Å²) in [6.07, 6.45) is 5.38. The predicted molar refractivity (Wildman–Crippen MR) is 139 cm³/mol. The third kappa shape index (κ3) is 6.07. The Labute approximate surface area is 213 Å². The lowest BCUT2D eigenvalue weighted by molar-refractivity contribution is -0.141. The van der Waals surface area contributed by atoms with Gasteiger partial charge in [0.15, 0.2) is 0 Å². The number of hydrogen-bond acceptors (Lipinski definition) is 5. The number of rotatable bonds is 6. The van der Waals surface area contributed by atoms with Crippen molar-refractivity contribution < 1.29 is 19.1 Å². The van der Waals surface area contributed by atoms with Crippen molar-refractivity contribution in [3.05, 3.63) is 94.3 Å². The first-order valence-corrected chi connectivity index (χ1v) is 12.7. The molecule has 0 unspecified atom stereocenters. The molecule has 1 heterocycles. The molecule has 5 nitrogen and oxygen atoms in total. The Morgan fingerprint density at radius 2 is 1.53 bits per heavy atom. The lowest BCUT2D eigenvalue weighted by Gasteiger charge is -2.34. The molecule has 1 fully saturated rings. The molecule has 1 aliphatic heterocycles. The Morgan fingerprint density at radius 3 is 2.19 bits per heavy atom. The number of nitrogens with one attached hydrogen (secondary N) is 1. The van der Waals surface area contributed by atoms with E-state index in [1.54, 1.807) is 6.92 Å². The van der Waals surface area contributed by atoms with Crippen LogP contribution < -0.4 is 5.32 Å². The fourth-order valence-corrected chi connectivity index (χ4v) is 4.90. The Hall–Kier alpha value is -3.78. The molecule has 0 radical (unpaired) electrons. The molecule has 2 aromatic carbocycles. The molecular formula is C31H33NO4. The summed E-state index contributed by atoms with van der Waals surface area (Å²) in [7, 11) is 0. The number of carbonyl (C=O) groups is 2. The number of hydrogen-bond donors (Lipinski definition) is 1. The van der Waals surface area contributed by atoms with Crippen molar-refractivity contribution in [2.45, 2.75) is 52.6 Å². The SMILES string of the molecule is CCOC(=O)C1=C(C)NC(C2CCCCC2)=C(C(=O)OCc2ccccc2)[C@H]1C#Cc1ccccc1. The smallest absolute Gasteiger partial charge is 0.337 e. The maximum atomic E-state index is 13.7. The Balaban J connectivity index is 1.78. The van der Waals surface area contributed by atoms with Gasteiger partial charge in [-0.25, -0.2) is 9.59 Å². The van der Waals surface area contributed by atoms with Crippen LogP contribution in [0.3, 0.4) is 0 Å². The highest BCUT2D eigenvalue weighted by atomic mass is 16.5. The van der Waals surface area contributed by atoms with Crippen LogP contribution in [0.25, 0.3) is 0 Å². The molecule has 1 aliphatic carbocycles. The fourth-order valence-electron chi connectivity index (χ4n) is 4.90. The molecule has 0 spiro atoms. The van der Waals surface area contributed by atoms with E-state index in [1.807, 2.05) is 67.6 Å². The highest BCUT2D eigenvalue weighted by Gasteiger charge is 2.39. The third-order valence-corrected chi connectivity index (χ3v) is 6.67. The van der Waals surface area contributed by atoms with Gasteiger partial charge in [0.2, 0.25) is 0 Å². The van der Waals surface area contributed by atoms with E-state index < -0.39 is 17.9 Å². The second-order valence-corrected chi connectivity index (χ2v) is 9.18. The van der Waals surface area contributed by atoms with E-state index in [2.05, 4.69) is 17.2 Å². The fraction of sp³-hybridized carbons (Fsp3) is 0.355. The Morgan fingerprint density at radius 1 is 0.889 bits per heavy atom. The average Bonchev–Trinajstić information content (AvgIpc) is 2.92. The molecular weight excluding hydrogens is 450 g/mol. The molecule has 0 saturated heterocycles. The van der Waals surface area contributed by atoms with Crippen molar-refractivity contribution in [3.8, 4) is 11.8 Å². The van der Waals surface area contributed by atoms with Gasteiger partial charge in [-0.1, -0.05) is 79.6 Å². The molecule has 5 heteroatoms. The zero-order valence-corrected chi connectivity index (χ0v) is 21.0. The van der Waals surface area contributed by atoms with E-state index in [9.17, 15) is 9.59 Å². The first-order valence-electron chi connectivity index (χ1n) is 12.7. The van der Waals surface area contributed by atoms with E-state index in [0.717, 1.165) is 42.5 Å². The van der Waals surface area contributed by atoms with Gasteiger partial charge in [-0.15, -0.1) is 0 Å². The number of esters is 2. The van der Waals surface area contributed by atoms with Gasteiger partial charge in [0, 0.05) is 17.0 Å². The summed E-state index contributed by atoms with van der Waals surface area (Å²) in [5.41, 5.74) is 4.03. The maximum Gasteiger partial charge on any atom is 0.337 e. The van der Waals surface area contributed by atoms with Crippen LogP contribution in [-0.4, -0.2) is 18.5 Å². The summed E-state index contributed by atoms with van der Waals surface area (Å²) in [6.45, 7) is 4.02. The van der Waals surface area contributed by atoms with E-state index in [-0.39, 0.29) is 19.1 Å². The second kappa shape index (κ2) is 12.3. The van der Waals surface area contributed by atoms with Crippen LogP contribution in [0.15, 0.2) is 83.2 Å². The van der Waals surface area contributed by atoms with E-state index >= 15 is 0 Å². The van der Waals surface area contributed by atoms with Crippen LogP contribution in [0.2, 0.25) is 0 Å². The van der Waals surface area contributed by atoms with Crippen molar-refractivity contribution in [2.24, 2.45) is 11.8 Å². The molecule has 2 aromatic rings. The van der Waals surface area contributed by atoms with Crippen LogP contribution in [0.1, 0.15) is 57.1 Å². The van der Waals surface area contributed by atoms with Gasteiger partial charge in [-0.2, -0.15) is 0 Å². The van der Waals surface area contributed by atoms with Gasteiger partial charge >= 0.3 is 11.9 Å². The number of benzene rings is 2. The highest BCUT2D eigenvalue weighted by Crippen LogP contribution is 2.38. The zero-order chi connectivity index (χ0) is 25.3. The minimum atomic E-state index is -0.745. The van der Waals surface area contributed by atoms with Crippen molar-refractivity contribution in [1.82, 2.24) is 5.32 Å². The number of ether oxygens (including phenoxy) is 2. The van der Waals surface area contributed by atoms with E-state index in [4.69, 9.17) is 9.47 Å². The standard InChI is InChI=1S/C31H33NO4/c1-3-35-30(33)27-22(2)32-29(25-17-11-6-12-18-25)28(26(27)20-19-23-13-7-4-8-14-23)31(34)36-21-24-15-9-5-10-16-24/h4-5,7-10,13-16,25-26,32H,3,6,11-12,17-18,21H2,1-2H3/t26-/m0/s1. The number of carbonyl (C=O) groups excluding carboxylic acids is 2. The lowest BCUT2D eigenvalue weighted by Crippen LogP contribution is -2.36. The van der Waals surface area contributed by atoms with E-state index in [1.165, 1.54) is 6.42 Å². The molecule has 0 aromatic heterocycles. The zero-order valence-electron chi connectivity index (χ0n) is 21.0. The number of allylic oxidation sites excluding steroid dienone is 2. The van der Waals surface area contributed by atoms with Gasteiger partial charge in [0.1, 0.15) is 6.61 Å². The molecule has 186 valence electrons. The third-order valence-electron chi connectivity index (χ3n) is 6.67. The van der Waals surface area contributed by atoms with Gasteiger partial charge in [-0.3, -0.25) is 0 Å². The first-order chi connectivity index (χ1) is 17.6. The summed E-state index contributed by atoms with van der Waals surface area (Å²) in [6, 6.07) is 19.2. The monoisotopic (exact) mass is 483 g/mol. The predicted octanol–water partition coefficient (Wildman–Crippen LogP) is 5.67. The summed E-state index contributed by atoms with van der Waals surface area (Å²) in [5.74, 6) is 4.96. The van der Waals surface area contributed by atoms with Gasteiger partial charge < -0.3 is 14.8 Å². The topological polar surface area (TPSA) is 64.6 Å². The van der Waals surface area contributed by atoms with Crippen LogP contribution in [0, 0.1) is 23.7 Å².